The number of benzene rings is 1. The van der Waals surface area contributed by atoms with E-state index in [4.69, 9.17) is 9.25 Å². The fourth-order valence-electron chi connectivity index (χ4n) is 3.33. The van der Waals surface area contributed by atoms with Crippen molar-refractivity contribution in [3.8, 4) is 0 Å². The van der Waals surface area contributed by atoms with Crippen LogP contribution in [0.25, 0.3) is 0 Å². The van der Waals surface area contributed by atoms with Gasteiger partial charge in [-0.15, -0.1) is 0 Å². The molecule has 1 aromatic heterocycles. The van der Waals surface area contributed by atoms with E-state index in [1.54, 1.807) is 12.1 Å². The molecule has 1 aromatic carbocycles. The van der Waals surface area contributed by atoms with Gasteiger partial charge in [-0.2, -0.15) is 0 Å². The molecule has 0 radical (unpaired) electrons. The van der Waals surface area contributed by atoms with Crippen LogP contribution >= 0.6 is 0 Å². The van der Waals surface area contributed by atoms with E-state index in [-0.39, 0.29) is 30.6 Å². The molecular formula is C25H34N2O5. The monoisotopic (exact) mass is 442 g/mol. The molecule has 0 bridgehead atoms. The van der Waals surface area contributed by atoms with Gasteiger partial charge >= 0.3 is 0 Å². The van der Waals surface area contributed by atoms with Gasteiger partial charge in [-0.05, 0) is 29.5 Å². The summed E-state index contributed by atoms with van der Waals surface area (Å²) in [5.41, 5.74) is 0.397. The fourth-order valence-corrected chi connectivity index (χ4v) is 3.33. The Morgan fingerprint density at radius 2 is 1.88 bits per heavy atom. The molecule has 1 heterocycles. The van der Waals surface area contributed by atoms with Crippen molar-refractivity contribution in [2.45, 2.75) is 59.6 Å². The second-order valence-electron chi connectivity index (χ2n) is 8.95. The zero-order valence-electron chi connectivity index (χ0n) is 19.4. The Labute approximate surface area is 190 Å². The highest BCUT2D eigenvalue weighted by Crippen LogP contribution is 2.24. The third-order valence-electron chi connectivity index (χ3n) is 5.21. The molecule has 32 heavy (non-hydrogen) atoms. The maximum atomic E-state index is 13.2. The SMILES string of the molecule is CCCC[C@H](CN(C=O)OCc1ccccc1)C(=O)N[C@H](C(=O)c1ccco1)C(C)(C)C. The van der Waals surface area contributed by atoms with Gasteiger partial charge < -0.3 is 9.73 Å². The molecule has 2 aromatic rings. The summed E-state index contributed by atoms with van der Waals surface area (Å²) in [6.07, 6.45) is 4.32. The smallest absolute Gasteiger partial charge is 0.233 e. The predicted octanol–water partition coefficient (Wildman–Crippen LogP) is 4.39. The zero-order chi connectivity index (χ0) is 23.6. The van der Waals surface area contributed by atoms with Gasteiger partial charge in [0, 0.05) is 0 Å². The van der Waals surface area contributed by atoms with Crippen LogP contribution in [0.3, 0.4) is 0 Å². The summed E-state index contributed by atoms with van der Waals surface area (Å²) >= 11 is 0. The number of ketones is 1. The van der Waals surface area contributed by atoms with Gasteiger partial charge in [0.2, 0.25) is 18.1 Å². The van der Waals surface area contributed by atoms with E-state index in [0.29, 0.717) is 12.8 Å². The minimum Gasteiger partial charge on any atom is -0.461 e. The van der Waals surface area contributed by atoms with Crippen LogP contribution < -0.4 is 5.32 Å². The van der Waals surface area contributed by atoms with Crippen molar-refractivity contribution < 1.29 is 23.6 Å². The first kappa shape index (κ1) is 25.3. The first-order chi connectivity index (χ1) is 15.3. The summed E-state index contributed by atoms with van der Waals surface area (Å²) in [5.74, 6) is -0.868. The van der Waals surface area contributed by atoms with Crippen LogP contribution in [0.2, 0.25) is 0 Å². The highest BCUT2D eigenvalue weighted by molar-refractivity contribution is 6.00. The van der Waals surface area contributed by atoms with Crippen molar-refractivity contribution in [3.05, 3.63) is 60.1 Å². The molecule has 0 aliphatic rings. The van der Waals surface area contributed by atoms with Crippen molar-refractivity contribution in [3.63, 3.8) is 0 Å². The summed E-state index contributed by atoms with van der Waals surface area (Å²) in [5, 5.41) is 4.07. The van der Waals surface area contributed by atoms with Gasteiger partial charge in [0.05, 0.1) is 18.7 Å². The van der Waals surface area contributed by atoms with E-state index in [1.807, 2.05) is 58.0 Å². The van der Waals surface area contributed by atoms with Crippen LogP contribution in [0.5, 0.6) is 0 Å². The summed E-state index contributed by atoms with van der Waals surface area (Å²) in [4.78, 5) is 43.4. The minimum atomic E-state index is -0.764. The van der Waals surface area contributed by atoms with Crippen LogP contribution in [0.1, 0.15) is 63.1 Å². The molecule has 174 valence electrons. The molecule has 2 atom stereocenters. The van der Waals surface area contributed by atoms with Crippen molar-refractivity contribution in [1.29, 1.82) is 0 Å². The van der Waals surface area contributed by atoms with Gasteiger partial charge in [0.1, 0.15) is 12.6 Å². The van der Waals surface area contributed by atoms with Crippen LogP contribution in [0.4, 0.5) is 0 Å². The normalized spacial score (nSPS) is 13.2. The van der Waals surface area contributed by atoms with E-state index in [2.05, 4.69) is 5.32 Å². The third-order valence-corrected chi connectivity index (χ3v) is 5.21. The first-order valence-electron chi connectivity index (χ1n) is 11.0. The summed E-state index contributed by atoms with van der Waals surface area (Å²) in [6, 6.07) is 12.0. The zero-order valence-corrected chi connectivity index (χ0v) is 19.4. The van der Waals surface area contributed by atoms with Crippen molar-refractivity contribution >= 4 is 18.1 Å². The molecule has 0 fully saturated rings. The molecular weight excluding hydrogens is 408 g/mol. The van der Waals surface area contributed by atoms with Gasteiger partial charge in [-0.3, -0.25) is 19.2 Å². The second-order valence-corrected chi connectivity index (χ2v) is 8.95. The Bertz CT molecular complexity index is 843. The Kier molecular flexibility index (Phi) is 9.65. The minimum absolute atomic E-state index is 0.105. The van der Waals surface area contributed by atoms with Crippen molar-refractivity contribution in [2.24, 2.45) is 11.3 Å². The average molecular weight is 443 g/mol. The van der Waals surface area contributed by atoms with E-state index in [0.717, 1.165) is 23.5 Å². The molecule has 0 unspecified atom stereocenters. The molecule has 7 heteroatoms. The Morgan fingerprint density at radius 3 is 2.44 bits per heavy atom. The summed E-state index contributed by atoms with van der Waals surface area (Å²) < 4.78 is 5.26. The highest BCUT2D eigenvalue weighted by atomic mass is 16.7. The summed E-state index contributed by atoms with van der Waals surface area (Å²) in [7, 11) is 0. The molecule has 0 aliphatic heterocycles. The number of furan rings is 1. The van der Waals surface area contributed by atoms with E-state index in [9.17, 15) is 14.4 Å². The number of unbranched alkanes of at least 4 members (excludes halogenated alkanes) is 1. The lowest BCUT2D eigenvalue weighted by Crippen LogP contribution is -2.52. The number of carbonyl (C=O) groups excluding carboxylic acids is 3. The molecule has 0 saturated heterocycles. The lowest BCUT2D eigenvalue weighted by molar-refractivity contribution is -0.182. The Balaban J connectivity index is 2.10. The van der Waals surface area contributed by atoms with Gasteiger partial charge in [-0.1, -0.05) is 70.9 Å². The van der Waals surface area contributed by atoms with E-state index >= 15 is 0 Å². The van der Waals surface area contributed by atoms with E-state index in [1.165, 1.54) is 6.26 Å². The van der Waals surface area contributed by atoms with Crippen LogP contribution in [0.15, 0.2) is 53.1 Å². The van der Waals surface area contributed by atoms with E-state index < -0.39 is 17.4 Å². The number of amides is 2. The third kappa shape index (κ3) is 7.64. The Morgan fingerprint density at radius 1 is 1.16 bits per heavy atom. The van der Waals surface area contributed by atoms with Gasteiger partial charge in [-0.25, -0.2) is 5.06 Å². The topological polar surface area (TPSA) is 88.9 Å². The lowest BCUT2D eigenvalue weighted by Gasteiger charge is -2.32. The standard InChI is InChI=1S/C25H34N2O5/c1-5-6-13-20(16-27(18-28)32-17-19-11-8-7-9-12-19)24(30)26-23(25(2,3)4)22(29)21-14-10-15-31-21/h7-12,14-15,18,20,23H,5-6,13,16-17H2,1-4H3,(H,26,30)/t20-,23-/m1/s1. The number of nitrogens with zero attached hydrogens (tertiary/aromatic N) is 1. The van der Waals surface area contributed by atoms with Crippen LogP contribution in [-0.4, -0.2) is 35.8 Å². The van der Waals surface area contributed by atoms with Gasteiger partial charge in [0.15, 0.2) is 5.76 Å². The molecule has 2 amide bonds. The molecule has 1 N–H and O–H groups in total. The van der Waals surface area contributed by atoms with Crippen molar-refractivity contribution in [1.82, 2.24) is 10.4 Å². The largest absolute Gasteiger partial charge is 0.461 e. The van der Waals surface area contributed by atoms with Crippen LogP contribution in [-0.2, 0) is 21.0 Å². The fraction of sp³-hybridized carbons (Fsp3) is 0.480. The average Bonchev–Trinajstić information content (AvgIpc) is 3.31. The first-order valence-corrected chi connectivity index (χ1v) is 11.0. The molecule has 2 rings (SSSR count). The Hall–Kier alpha value is -2.93. The highest BCUT2D eigenvalue weighted by Gasteiger charge is 2.36. The summed E-state index contributed by atoms with van der Waals surface area (Å²) in [6.45, 7) is 8.04. The van der Waals surface area contributed by atoms with Gasteiger partial charge in [0.25, 0.3) is 0 Å². The number of Topliss-reactive ketones (excluding diaryl/α,β-unsaturated/α-hetero) is 1. The number of nitrogens with one attached hydrogen (secondary N) is 1. The number of carbonyl (C=O) groups is 3. The maximum absolute atomic E-state index is 13.2. The van der Waals surface area contributed by atoms with Crippen LogP contribution in [0, 0.1) is 11.3 Å². The lowest BCUT2D eigenvalue weighted by atomic mass is 9.83. The number of rotatable bonds is 13. The van der Waals surface area contributed by atoms with Crippen molar-refractivity contribution in [2.75, 3.05) is 6.54 Å². The number of hydrogen-bond donors (Lipinski definition) is 1. The predicted molar refractivity (Wildman–Crippen MR) is 121 cm³/mol. The molecule has 7 nitrogen and oxygen atoms in total. The molecule has 0 aliphatic carbocycles. The molecule has 0 saturated carbocycles. The quantitative estimate of drug-likeness (QED) is 0.282. The molecule has 0 spiro atoms. The second kappa shape index (κ2) is 12.2. The maximum Gasteiger partial charge on any atom is 0.233 e. The number of hydroxylamine groups is 2. The number of hydrogen-bond acceptors (Lipinski definition) is 5.